The molecular weight excluding hydrogens is 281 g/mol. The lowest BCUT2D eigenvalue weighted by atomic mass is 10.1. The number of anilines is 1. The smallest absolute Gasteiger partial charge is 0.214 e. The molecule has 1 saturated heterocycles. The van der Waals surface area contributed by atoms with E-state index < -0.39 is 10.0 Å². The quantitative estimate of drug-likeness (QED) is 0.909. The second kappa shape index (κ2) is 5.29. The minimum absolute atomic E-state index is 0.157. The molecule has 0 amide bonds. The second-order valence-corrected chi connectivity index (χ2v) is 7.45. The van der Waals surface area contributed by atoms with E-state index in [0.29, 0.717) is 18.9 Å². The number of hydrogen-bond acceptors (Lipinski definition) is 4. The maximum Gasteiger partial charge on any atom is 0.214 e. The molecule has 110 valence electrons. The van der Waals surface area contributed by atoms with Gasteiger partial charge in [-0.1, -0.05) is 0 Å². The van der Waals surface area contributed by atoms with Crippen LogP contribution in [0.1, 0.15) is 25.7 Å². The fraction of sp³-hybridized carbons (Fsp3) is 0.615. The van der Waals surface area contributed by atoms with Crippen molar-refractivity contribution in [3.63, 3.8) is 0 Å². The topological polar surface area (TPSA) is 62.3 Å². The number of rotatable bonds is 4. The minimum Gasteiger partial charge on any atom is -0.353 e. The molecule has 1 unspecified atom stereocenters. The van der Waals surface area contributed by atoms with Crippen LogP contribution in [-0.4, -0.2) is 37.8 Å². The molecule has 0 aromatic carbocycles. The summed E-state index contributed by atoms with van der Waals surface area (Å²) in [5.74, 6) is -0.0546. The number of hydrogen-bond donors (Lipinski definition) is 1. The largest absolute Gasteiger partial charge is 0.353 e. The molecule has 0 spiro atoms. The number of pyridine rings is 1. The lowest BCUT2D eigenvalue weighted by molar-refractivity contribution is 0.458. The highest BCUT2D eigenvalue weighted by molar-refractivity contribution is 7.90. The Balaban J connectivity index is 1.69. The number of nitrogens with one attached hydrogen (secondary N) is 1. The lowest BCUT2D eigenvalue weighted by Gasteiger charge is -2.33. The molecule has 5 nitrogen and oxygen atoms in total. The van der Waals surface area contributed by atoms with E-state index in [1.54, 1.807) is 12.3 Å². The first kappa shape index (κ1) is 13.8. The molecule has 1 aromatic rings. The number of halogens is 1. The fourth-order valence-electron chi connectivity index (χ4n) is 2.58. The summed E-state index contributed by atoms with van der Waals surface area (Å²) in [5.41, 5.74) is 0. The van der Waals surface area contributed by atoms with Gasteiger partial charge in [0.25, 0.3) is 0 Å². The van der Waals surface area contributed by atoms with E-state index in [-0.39, 0.29) is 17.1 Å². The maximum absolute atomic E-state index is 13.7. The number of piperidine rings is 1. The van der Waals surface area contributed by atoms with Crippen LogP contribution in [0.25, 0.3) is 0 Å². The summed E-state index contributed by atoms with van der Waals surface area (Å²) in [7, 11) is -3.19. The molecule has 1 N–H and O–H groups in total. The predicted octanol–water partition coefficient (Wildman–Crippen LogP) is 1.27. The van der Waals surface area contributed by atoms with Gasteiger partial charge in [-0.25, -0.2) is 22.5 Å². The van der Waals surface area contributed by atoms with Crippen LogP contribution in [0.3, 0.4) is 0 Å². The highest BCUT2D eigenvalue weighted by atomic mass is 32.2. The monoisotopic (exact) mass is 299 g/mol. The van der Waals surface area contributed by atoms with Crippen molar-refractivity contribution in [3.8, 4) is 0 Å². The Kier molecular flexibility index (Phi) is 3.64. The first-order valence-corrected chi connectivity index (χ1v) is 8.47. The highest BCUT2D eigenvalue weighted by Gasteiger charge is 2.37. The highest BCUT2D eigenvalue weighted by Crippen LogP contribution is 2.28. The van der Waals surface area contributed by atoms with Gasteiger partial charge in [-0.15, -0.1) is 0 Å². The van der Waals surface area contributed by atoms with Crippen molar-refractivity contribution in [1.82, 2.24) is 9.71 Å². The Hall–Kier alpha value is -1.21. The van der Waals surface area contributed by atoms with Crippen molar-refractivity contribution in [1.29, 1.82) is 0 Å². The SMILES string of the molecule is O=S(=O)(NC1CCCN(c2ncccc2F)C1)C1CC1. The van der Waals surface area contributed by atoms with Crippen molar-refractivity contribution in [2.45, 2.75) is 37.0 Å². The van der Waals surface area contributed by atoms with Gasteiger partial charge in [0.1, 0.15) is 0 Å². The molecule has 20 heavy (non-hydrogen) atoms. The average molecular weight is 299 g/mol. The van der Waals surface area contributed by atoms with Gasteiger partial charge >= 0.3 is 0 Å². The van der Waals surface area contributed by atoms with Gasteiger partial charge in [0.2, 0.25) is 10.0 Å². The summed E-state index contributed by atoms with van der Waals surface area (Å²) in [6.45, 7) is 1.18. The van der Waals surface area contributed by atoms with Gasteiger partial charge in [-0.2, -0.15) is 0 Å². The van der Waals surface area contributed by atoms with E-state index in [1.165, 1.54) is 6.07 Å². The summed E-state index contributed by atoms with van der Waals surface area (Å²) in [5, 5.41) is -0.218. The van der Waals surface area contributed by atoms with Crippen LogP contribution in [-0.2, 0) is 10.0 Å². The summed E-state index contributed by atoms with van der Waals surface area (Å²) in [4.78, 5) is 5.87. The molecule has 1 atom stereocenters. The molecule has 0 bridgehead atoms. The Morgan fingerprint density at radius 2 is 2.15 bits per heavy atom. The van der Waals surface area contributed by atoms with Crippen molar-refractivity contribution >= 4 is 15.8 Å². The van der Waals surface area contributed by atoms with Crippen LogP contribution >= 0.6 is 0 Å². The van der Waals surface area contributed by atoms with E-state index >= 15 is 0 Å². The molecule has 1 saturated carbocycles. The Morgan fingerprint density at radius 1 is 1.35 bits per heavy atom. The predicted molar refractivity (Wildman–Crippen MR) is 74.5 cm³/mol. The summed E-state index contributed by atoms with van der Waals surface area (Å²) in [6, 6.07) is 2.77. The standard InChI is InChI=1S/C13H18FN3O2S/c14-12-4-1-7-15-13(12)17-8-2-3-10(9-17)16-20(18,19)11-5-6-11/h1,4,7,10-11,16H,2-3,5-6,8-9H2. The van der Waals surface area contributed by atoms with E-state index in [1.807, 2.05) is 4.90 Å². The van der Waals surface area contributed by atoms with Crippen molar-refractivity contribution in [2.75, 3.05) is 18.0 Å². The van der Waals surface area contributed by atoms with Gasteiger partial charge in [0, 0.05) is 25.3 Å². The summed E-state index contributed by atoms with van der Waals surface area (Å²) < 4.78 is 40.4. The molecule has 1 aliphatic heterocycles. The number of aromatic nitrogens is 1. The zero-order chi connectivity index (χ0) is 14.2. The van der Waals surface area contributed by atoms with Crippen LogP contribution < -0.4 is 9.62 Å². The zero-order valence-corrected chi connectivity index (χ0v) is 11.9. The van der Waals surface area contributed by atoms with Crippen LogP contribution in [0.4, 0.5) is 10.2 Å². The van der Waals surface area contributed by atoms with Gasteiger partial charge in [-0.3, -0.25) is 0 Å². The summed E-state index contributed by atoms with van der Waals surface area (Å²) in [6.07, 6.45) is 4.67. The van der Waals surface area contributed by atoms with Crippen molar-refractivity contribution in [3.05, 3.63) is 24.1 Å². The van der Waals surface area contributed by atoms with E-state index in [9.17, 15) is 12.8 Å². The van der Waals surface area contributed by atoms with Crippen LogP contribution in [0.5, 0.6) is 0 Å². The van der Waals surface area contributed by atoms with Crippen LogP contribution in [0.2, 0.25) is 0 Å². The Labute approximate surface area is 118 Å². The molecule has 1 aromatic heterocycles. The van der Waals surface area contributed by atoms with E-state index in [0.717, 1.165) is 25.7 Å². The molecule has 3 rings (SSSR count). The fourth-order valence-corrected chi connectivity index (χ4v) is 4.19. The maximum atomic E-state index is 13.7. The normalized spacial score (nSPS) is 23.9. The van der Waals surface area contributed by atoms with Crippen molar-refractivity contribution in [2.24, 2.45) is 0 Å². The third kappa shape index (κ3) is 2.93. The van der Waals surface area contributed by atoms with Crippen molar-refractivity contribution < 1.29 is 12.8 Å². The van der Waals surface area contributed by atoms with Gasteiger partial charge < -0.3 is 4.90 Å². The van der Waals surface area contributed by atoms with E-state index in [2.05, 4.69) is 9.71 Å². The Bertz CT molecular complexity index is 589. The molecule has 7 heteroatoms. The number of sulfonamides is 1. The van der Waals surface area contributed by atoms with E-state index in [4.69, 9.17) is 0 Å². The van der Waals surface area contributed by atoms with Gasteiger partial charge in [-0.05, 0) is 37.8 Å². The molecule has 0 radical (unpaired) electrons. The Morgan fingerprint density at radius 3 is 2.85 bits per heavy atom. The van der Waals surface area contributed by atoms with Crippen LogP contribution in [0.15, 0.2) is 18.3 Å². The molecule has 2 heterocycles. The minimum atomic E-state index is -3.19. The second-order valence-electron chi connectivity index (χ2n) is 5.46. The first-order chi connectivity index (χ1) is 9.56. The molecule has 1 aliphatic carbocycles. The third-order valence-electron chi connectivity index (χ3n) is 3.75. The molecular formula is C13H18FN3O2S. The number of nitrogens with zero attached hydrogens (tertiary/aromatic N) is 2. The zero-order valence-electron chi connectivity index (χ0n) is 11.1. The third-order valence-corrected chi connectivity index (χ3v) is 5.77. The average Bonchev–Trinajstić information content (AvgIpc) is 3.23. The summed E-state index contributed by atoms with van der Waals surface area (Å²) >= 11 is 0. The molecule has 2 fully saturated rings. The van der Waals surface area contributed by atoms with Gasteiger partial charge in [0.15, 0.2) is 11.6 Å². The van der Waals surface area contributed by atoms with Gasteiger partial charge in [0.05, 0.1) is 5.25 Å². The van der Waals surface area contributed by atoms with Crippen LogP contribution in [0, 0.1) is 5.82 Å². The molecule has 2 aliphatic rings. The lowest BCUT2D eigenvalue weighted by Crippen LogP contribution is -2.49. The first-order valence-electron chi connectivity index (χ1n) is 6.93.